The first-order chi connectivity index (χ1) is 9.99. The van der Waals surface area contributed by atoms with Gasteiger partial charge in [-0.15, -0.1) is 0 Å². The molecule has 1 aromatic carbocycles. The van der Waals surface area contributed by atoms with Crippen molar-refractivity contribution in [2.75, 3.05) is 17.7 Å². The Morgan fingerprint density at radius 2 is 1.86 bits per heavy atom. The van der Waals surface area contributed by atoms with E-state index in [0.29, 0.717) is 16.7 Å². The number of benzene rings is 1. The first-order valence-electron chi connectivity index (χ1n) is 6.36. The van der Waals surface area contributed by atoms with Crippen molar-refractivity contribution in [1.29, 1.82) is 0 Å². The molecule has 2 rings (SSSR count). The predicted molar refractivity (Wildman–Crippen MR) is 83.9 cm³/mol. The standard InChI is InChI=1S/C14H15ClN4O2/c1-9(10-3-5-11(15)6-4-10)17-14-8-12(19(20)21)7-13(16-2)18-14/h3-9H,1-2H3,(H2,16,17,18). The highest BCUT2D eigenvalue weighted by atomic mass is 35.5. The minimum atomic E-state index is -0.444. The number of hydrogen-bond donors (Lipinski definition) is 2. The number of hydrogen-bond acceptors (Lipinski definition) is 5. The molecule has 1 atom stereocenters. The molecule has 0 aliphatic rings. The molecule has 0 spiro atoms. The lowest BCUT2D eigenvalue weighted by Crippen LogP contribution is -2.09. The summed E-state index contributed by atoms with van der Waals surface area (Å²) >= 11 is 5.86. The molecule has 2 aromatic rings. The molecule has 0 aliphatic carbocycles. The molecule has 1 heterocycles. The quantitative estimate of drug-likeness (QED) is 0.647. The number of nitro groups is 1. The third-order valence-corrected chi connectivity index (χ3v) is 3.26. The molecule has 0 bridgehead atoms. The fourth-order valence-electron chi connectivity index (χ4n) is 1.88. The molecule has 0 amide bonds. The highest BCUT2D eigenvalue weighted by Gasteiger charge is 2.13. The maximum Gasteiger partial charge on any atom is 0.276 e. The summed E-state index contributed by atoms with van der Waals surface area (Å²) in [4.78, 5) is 14.7. The monoisotopic (exact) mass is 306 g/mol. The van der Waals surface area contributed by atoms with Crippen LogP contribution in [0.25, 0.3) is 0 Å². The maximum absolute atomic E-state index is 10.9. The van der Waals surface area contributed by atoms with Gasteiger partial charge < -0.3 is 10.6 Å². The Bertz CT molecular complexity index is 646. The molecule has 6 nitrogen and oxygen atoms in total. The van der Waals surface area contributed by atoms with Crippen molar-refractivity contribution in [3.63, 3.8) is 0 Å². The Hall–Kier alpha value is -2.34. The fraction of sp³-hybridized carbons (Fsp3) is 0.214. The van der Waals surface area contributed by atoms with Crippen LogP contribution in [0.3, 0.4) is 0 Å². The lowest BCUT2D eigenvalue weighted by atomic mass is 10.1. The number of anilines is 2. The van der Waals surface area contributed by atoms with Gasteiger partial charge in [0.25, 0.3) is 5.69 Å². The van der Waals surface area contributed by atoms with E-state index in [1.54, 1.807) is 19.2 Å². The molecular formula is C14H15ClN4O2. The van der Waals surface area contributed by atoms with Gasteiger partial charge in [0.2, 0.25) is 0 Å². The smallest absolute Gasteiger partial charge is 0.276 e. The minimum Gasteiger partial charge on any atom is -0.373 e. The average molecular weight is 307 g/mol. The summed E-state index contributed by atoms with van der Waals surface area (Å²) in [6, 6.07) is 10.1. The van der Waals surface area contributed by atoms with Crippen molar-refractivity contribution in [2.45, 2.75) is 13.0 Å². The molecule has 7 heteroatoms. The molecule has 1 unspecified atom stereocenters. The third kappa shape index (κ3) is 3.82. The first kappa shape index (κ1) is 15.1. The zero-order valence-corrected chi connectivity index (χ0v) is 12.4. The van der Waals surface area contributed by atoms with E-state index >= 15 is 0 Å². The van der Waals surface area contributed by atoms with Gasteiger partial charge in [-0.3, -0.25) is 10.1 Å². The van der Waals surface area contributed by atoms with Crippen molar-refractivity contribution in [2.24, 2.45) is 0 Å². The Morgan fingerprint density at radius 1 is 1.24 bits per heavy atom. The van der Waals surface area contributed by atoms with Gasteiger partial charge in [-0.1, -0.05) is 23.7 Å². The number of aromatic nitrogens is 1. The van der Waals surface area contributed by atoms with Crippen LogP contribution in [0, 0.1) is 10.1 Å². The Labute approximate surface area is 127 Å². The van der Waals surface area contributed by atoms with Gasteiger partial charge in [-0.2, -0.15) is 0 Å². The van der Waals surface area contributed by atoms with E-state index in [4.69, 9.17) is 11.6 Å². The topological polar surface area (TPSA) is 80.1 Å². The molecule has 2 N–H and O–H groups in total. The van der Waals surface area contributed by atoms with E-state index in [-0.39, 0.29) is 11.7 Å². The van der Waals surface area contributed by atoms with Crippen molar-refractivity contribution < 1.29 is 4.92 Å². The number of nitrogens with one attached hydrogen (secondary N) is 2. The Morgan fingerprint density at radius 3 is 2.43 bits per heavy atom. The van der Waals surface area contributed by atoms with Crippen molar-refractivity contribution in [1.82, 2.24) is 4.98 Å². The second-order valence-electron chi connectivity index (χ2n) is 4.52. The van der Waals surface area contributed by atoms with Crippen LogP contribution >= 0.6 is 11.6 Å². The second-order valence-corrected chi connectivity index (χ2v) is 4.96. The number of pyridine rings is 1. The van der Waals surface area contributed by atoms with Crippen molar-refractivity contribution >= 4 is 28.9 Å². The average Bonchev–Trinajstić information content (AvgIpc) is 2.47. The van der Waals surface area contributed by atoms with E-state index in [1.807, 2.05) is 19.1 Å². The summed E-state index contributed by atoms with van der Waals surface area (Å²) in [5, 5.41) is 17.5. The van der Waals surface area contributed by atoms with Gasteiger partial charge in [0.15, 0.2) is 0 Å². The molecular weight excluding hydrogens is 292 g/mol. The Balaban J connectivity index is 2.23. The summed E-state index contributed by atoms with van der Waals surface area (Å²) < 4.78 is 0. The SMILES string of the molecule is CNc1cc([N+](=O)[O-])cc(NC(C)c2ccc(Cl)cc2)n1. The normalized spacial score (nSPS) is 11.8. The summed E-state index contributed by atoms with van der Waals surface area (Å²) in [5.41, 5.74) is 0.999. The number of halogens is 1. The molecule has 0 aliphatic heterocycles. The molecule has 21 heavy (non-hydrogen) atoms. The van der Waals surface area contributed by atoms with Gasteiger partial charge >= 0.3 is 0 Å². The van der Waals surface area contributed by atoms with E-state index in [0.717, 1.165) is 5.56 Å². The van der Waals surface area contributed by atoms with Crippen LogP contribution in [0.15, 0.2) is 36.4 Å². The Kier molecular flexibility index (Phi) is 4.59. The minimum absolute atomic E-state index is 0.0137. The van der Waals surface area contributed by atoms with Gasteiger partial charge in [-0.25, -0.2) is 4.98 Å². The number of rotatable bonds is 5. The summed E-state index contributed by atoms with van der Waals surface area (Å²) in [5.74, 6) is 0.881. The predicted octanol–water partition coefficient (Wildman–Crippen LogP) is 3.86. The lowest BCUT2D eigenvalue weighted by molar-refractivity contribution is -0.384. The van der Waals surface area contributed by atoms with Crippen LogP contribution in [0.5, 0.6) is 0 Å². The van der Waals surface area contributed by atoms with Crippen LogP contribution in [-0.2, 0) is 0 Å². The third-order valence-electron chi connectivity index (χ3n) is 3.01. The highest BCUT2D eigenvalue weighted by molar-refractivity contribution is 6.30. The first-order valence-corrected chi connectivity index (χ1v) is 6.73. The van der Waals surface area contributed by atoms with Gasteiger partial charge in [0.1, 0.15) is 11.6 Å². The van der Waals surface area contributed by atoms with Crippen molar-refractivity contribution in [3.05, 3.63) is 57.1 Å². The second kappa shape index (κ2) is 6.41. The molecule has 0 radical (unpaired) electrons. The van der Waals surface area contributed by atoms with Crippen LogP contribution in [0.1, 0.15) is 18.5 Å². The lowest BCUT2D eigenvalue weighted by Gasteiger charge is -2.15. The van der Waals surface area contributed by atoms with E-state index in [2.05, 4.69) is 15.6 Å². The largest absolute Gasteiger partial charge is 0.373 e. The number of nitrogens with zero attached hydrogens (tertiary/aromatic N) is 2. The van der Waals surface area contributed by atoms with Gasteiger partial charge in [0, 0.05) is 18.1 Å². The molecule has 0 fully saturated rings. The fourth-order valence-corrected chi connectivity index (χ4v) is 2.01. The summed E-state index contributed by atoms with van der Waals surface area (Å²) in [7, 11) is 1.67. The highest BCUT2D eigenvalue weighted by Crippen LogP contribution is 2.24. The molecule has 0 saturated carbocycles. The maximum atomic E-state index is 10.9. The van der Waals surface area contributed by atoms with Crippen LogP contribution in [-0.4, -0.2) is 17.0 Å². The summed E-state index contributed by atoms with van der Waals surface area (Å²) in [6.45, 7) is 1.95. The zero-order valence-electron chi connectivity index (χ0n) is 11.6. The zero-order chi connectivity index (χ0) is 15.4. The van der Waals surface area contributed by atoms with E-state index in [9.17, 15) is 10.1 Å². The van der Waals surface area contributed by atoms with Crippen LogP contribution in [0.2, 0.25) is 5.02 Å². The van der Waals surface area contributed by atoms with Crippen LogP contribution < -0.4 is 10.6 Å². The van der Waals surface area contributed by atoms with Crippen molar-refractivity contribution in [3.8, 4) is 0 Å². The summed E-state index contributed by atoms with van der Waals surface area (Å²) in [6.07, 6.45) is 0. The van der Waals surface area contributed by atoms with Gasteiger partial charge in [0.05, 0.1) is 17.1 Å². The molecule has 110 valence electrons. The molecule has 1 aromatic heterocycles. The van der Waals surface area contributed by atoms with E-state index in [1.165, 1.54) is 12.1 Å². The molecule has 0 saturated heterocycles. The van der Waals surface area contributed by atoms with Gasteiger partial charge in [-0.05, 0) is 24.6 Å². The van der Waals surface area contributed by atoms with Crippen LogP contribution in [0.4, 0.5) is 17.3 Å². The van der Waals surface area contributed by atoms with E-state index < -0.39 is 4.92 Å².